The number of halogens is 1. The molecule has 2 nitrogen and oxygen atoms in total. The maximum Gasteiger partial charge on any atom is 0.0966 e. The predicted molar refractivity (Wildman–Crippen MR) is 54.7 cm³/mol. The monoisotopic (exact) mass is 240 g/mol. The van der Waals surface area contributed by atoms with Gasteiger partial charge in [0, 0.05) is 17.6 Å². The second-order valence-electron chi connectivity index (χ2n) is 3.04. The molecule has 1 aromatic rings. The highest BCUT2D eigenvalue weighted by Gasteiger charge is 2.15. The van der Waals surface area contributed by atoms with Crippen LogP contribution in [0.25, 0.3) is 0 Å². The maximum absolute atomic E-state index is 5.59. The SMILES string of the molecule is Brc1ccc(C2C[N]CCO2)cc1. The van der Waals surface area contributed by atoms with E-state index in [4.69, 9.17) is 4.74 Å². The zero-order valence-electron chi connectivity index (χ0n) is 7.24. The number of hydrogen-bond acceptors (Lipinski definition) is 1. The molecule has 1 fully saturated rings. The van der Waals surface area contributed by atoms with Crippen molar-refractivity contribution < 1.29 is 4.74 Å². The summed E-state index contributed by atoms with van der Waals surface area (Å²) in [4.78, 5) is 0. The number of hydrogen-bond donors (Lipinski definition) is 0. The normalized spacial score (nSPS) is 23.0. The van der Waals surface area contributed by atoms with E-state index < -0.39 is 0 Å². The van der Waals surface area contributed by atoms with Crippen molar-refractivity contribution in [3.8, 4) is 0 Å². The zero-order valence-corrected chi connectivity index (χ0v) is 8.83. The first-order chi connectivity index (χ1) is 6.36. The van der Waals surface area contributed by atoms with Crippen molar-refractivity contribution in [3.63, 3.8) is 0 Å². The highest BCUT2D eigenvalue weighted by molar-refractivity contribution is 9.10. The Morgan fingerprint density at radius 1 is 1.31 bits per heavy atom. The van der Waals surface area contributed by atoms with Crippen LogP contribution in [0.1, 0.15) is 11.7 Å². The minimum absolute atomic E-state index is 0.168. The fraction of sp³-hybridized carbons (Fsp3) is 0.400. The first kappa shape index (κ1) is 9.19. The van der Waals surface area contributed by atoms with Crippen LogP contribution in [0.15, 0.2) is 28.7 Å². The lowest BCUT2D eigenvalue weighted by molar-refractivity contribution is 0.0261. The Hall–Kier alpha value is -0.380. The lowest BCUT2D eigenvalue weighted by Crippen LogP contribution is -2.28. The van der Waals surface area contributed by atoms with Gasteiger partial charge in [0.2, 0.25) is 0 Å². The molecule has 69 valence electrons. The Labute approximate surface area is 86.4 Å². The summed E-state index contributed by atoms with van der Waals surface area (Å²) in [7, 11) is 0. The highest BCUT2D eigenvalue weighted by atomic mass is 79.9. The van der Waals surface area contributed by atoms with E-state index in [0.29, 0.717) is 0 Å². The van der Waals surface area contributed by atoms with Gasteiger partial charge in [-0.1, -0.05) is 28.1 Å². The second-order valence-corrected chi connectivity index (χ2v) is 3.96. The summed E-state index contributed by atoms with van der Waals surface area (Å²) in [5.74, 6) is 0. The fourth-order valence-corrected chi connectivity index (χ4v) is 1.66. The van der Waals surface area contributed by atoms with Crippen LogP contribution in [0.5, 0.6) is 0 Å². The third-order valence-corrected chi connectivity index (χ3v) is 2.63. The summed E-state index contributed by atoms with van der Waals surface area (Å²) in [6.45, 7) is 2.38. The van der Waals surface area contributed by atoms with Crippen molar-refractivity contribution in [2.24, 2.45) is 0 Å². The van der Waals surface area contributed by atoms with E-state index >= 15 is 0 Å². The van der Waals surface area contributed by atoms with E-state index in [9.17, 15) is 0 Å². The number of ether oxygens (including phenoxy) is 1. The smallest absolute Gasteiger partial charge is 0.0966 e. The van der Waals surface area contributed by atoms with E-state index in [1.807, 2.05) is 12.1 Å². The summed E-state index contributed by atoms with van der Waals surface area (Å²) in [5.41, 5.74) is 1.21. The third-order valence-electron chi connectivity index (χ3n) is 2.11. The number of benzene rings is 1. The molecule has 1 aromatic carbocycles. The minimum Gasteiger partial charge on any atom is -0.371 e. The standard InChI is InChI=1S/C10H11BrNO/c11-9-3-1-8(2-4-9)10-7-12-5-6-13-10/h1-4,10H,5-7H2. The molecule has 13 heavy (non-hydrogen) atoms. The van der Waals surface area contributed by atoms with Gasteiger partial charge < -0.3 is 4.74 Å². The van der Waals surface area contributed by atoms with Gasteiger partial charge in [-0.05, 0) is 17.7 Å². The summed E-state index contributed by atoms with van der Waals surface area (Å²) in [6.07, 6.45) is 0.168. The van der Waals surface area contributed by atoms with Gasteiger partial charge in [-0.2, -0.15) is 0 Å². The molecule has 3 heteroatoms. The summed E-state index contributed by atoms with van der Waals surface area (Å²) in [6, 6.07) is 8.23. The molecule has 1 radical (unpaired) electrons. The van der Waals surface area contributed by atoms with Gasteiger partial charge in [-0.15, -0.1) is 0 Å². The molecule has 0 aromatic heterocycles. The first-order valence-electron chi connectivity index (χ1n) is 4.36. The summed E-state index contributed by atoms with van der Waals surface area (Å²) in [5, 5.41) is 4.32. The molecule has 1 atom stereocenters. The first-order valence-corrected chi connectivity index (χ1v) is 5.16. The molecule has 1 aliphatic heterocycles. The molecule has 2 rings (SSSR count). The average molecular weight is 241 g/mol. The molecule has 1 saturated heterocycles. The molecule has 0 saturated carbocycles. The van der Waals surface area contributed by atoms with E-state index in [1.54, 1.807) is 0 Å². The zero-order chi connectivity index (χ0) is 9.10. The lowest BCUT2D eigenvalue weighted by atomic mass is 10.1. The number of nitrogens with zero attached hydrogens (tertiary/aromatic N) is 1. The van der Waals surface area contributed by atoms with Crippen LogP contribution < -0.4 is 5.32 Å². The van der Waals surface area contributed by atoms with Crippen molar-refractivity contribution in [1.29, 1.82) is 0 Å². The lowest BCUT2D eigenvalue weighted by Gasteiger charge is -2.22. The molecule has 0 N–H and O–H groups in total. The topological polar surface area (TPSA) is 23.3 Å². The van der Waals surface area contributed by atoms with Crippen molar-refractivity contribution in [3.05, 3.63) is 34.3 Å². The third kappa shape index (κ3) is 2.30. The molecule has 1 unspecified atom stereocenters. The summed E-state index contributed by atoms with van der Waals surface area (Å²) < 4.78 is 6.70. The molecule has 1 aliphatic rings. The fourth-order valence-electron chi connectivity index (χ4n) is 1.40. The van der Waals surface area contributed by atoms with Gasteiger partial charge in [0.15, 0.2) is 0 Å². The van der Waals surface area contributed by atoms with Crippen LogP contribution >= 0.6 is 15.9 Å². The highest BCUT2D eigenvalue weighted by Crippen LogP contribution is 2.20. The van der Waals surface area contributed by atoms with Gasteiger partial charge in [0.1, 0.15) is 0 Å². The van der Waals surface area contributed by atoms with Gasteiger partial charge in [-0.3, -0.25) is 0 Å². The minimum atomic E-state index is 0.168. The largest absolute Gasteiger partial charge is 0.371 e. The molecule has 0 bridgehead atoms. The van der Waals surface area contributed by atoms with Gasteiger partial charge in [0.25, 0.3) is 0 Å². The van der Waals surface area contributed by atoms with E-state index in [2.05, 4.69) is 33.4 Å². The molecule has 0 aliphatic carbocycles. The van der Waals surface area contributed by atoms with Crippen molar-refractivity contribution >= 4 is 15.9 Å². The van der Waals surface area contributed by atoms with E-state index in [-0.39, 0.29) is 6.10 Å². The van der Waals surface area contributed by atoms with Gasteiger partial charge in [-0.25, -0.2) is 5.32 Å². The average Bonchev–Trinajstić information content (AvgIpc) is 2.20. The molecular formula is C10H11BrNO. The molecular weight excluding hydrogens is 230 g/mol. The van der Waals surface area contributed by atoms with E-state index in [0.717, 1.165) is 24.2 Å². The van der Waals surface area contributed by atoms with Crippen molar-refractivity contribution in [1.82, 2.24) is 5.32 Å². The second kappa shape index (κ2) is 4.22. The van der Waals surface area contributed by atoms with Crippen LogP contribution in [-0.4, -0.2) is 19.7 Å². The van der Waals surface area contributed by atoms with Crippen molar-refractivity contribution in [2.75, 3.05) is 19.7 Å². The van der Waals surface area contributed by atoms with Crippen LogP contribution in [0.3, 0.4) is 0 Å². The Balaban J connectivity index is 2.10. The quantitative estimate of drug-likeness (QED) is 0.738. The molecule has 0 amide bonds. The van der Waals surface area contributed by atoms with Gasteiger partial charge in [0.05, 0.1) is 12.7 Å². The van der Waals surface area contributed by atoms with Crippen LogP contribution in [0.4, 0.5) is 0 Å². The van der Waals surface area contributed by atoms with Crippen LogP contribution in [0.2, 0.25) is 0 Å². The van der Waals surface area contributed by atoms with Crippen molar-refractivity contribution in [2.45, 2.75) is 6.10 Å². The Kier molecular flexibility index (Phi) is 2.98. The van der Waals surface area contributed by atoms with E-state index in [1.165, 1.54) is 5.56 Å². The predicted octanol–water partition coefficient (Wildman–Crippen LogP) is 2.12. The van der Waals surface area contributed by atoms with Gasteiger partial charge >= 0.3 is 0 Å². The number of morpholine rings is 1. The summed E-state index contributed by atoms with van der Waals surface area (Å²) >= 11 is 3.41. The number of rotatable bonds is 1. The molecule has 0 spiro atoms. The Morgan fingerprint density at radius 2 is 2.08 bits per heavy atom. The Morgan fingerprint density at radius 3 is 2.69 bits per heavy atom. The van der Waals surface area contributed by atoms with Crippen LogP contribution in [-0.2, 0) is 4.74 Å². The van der Waals surface area contributed by atoms with Crippen LogP contribution in [0, 0.1) is 0 Å². The Bertz CT molecular complexity index is 267. The maximum atomic E-state index is 5.59. The molecule has 1 heterocycles.